The molecule has 1 aromatic rings. The average molecular weight is 329 g/mol. The molecule has 7 heteroatoms. The summed E-state index contributed by atoms with van der Waals surface area (Å²) in [5.41, 5.74) is 1.45. The summed E-state index contributed by atoms with van der Waals surface area (Å²) in [6, 6.07) is 3.09. The van der Waals surface area contributed by atoms with Crippen molar-refractivity contribution < 1.29 is 18.9 Å². The van der Waals surface area contributed by atoms with Crippen molar-refractivity contribution in [1.29, 1.82) is 0 Å². The van der Waals surface area contributed by atoms with E-state index in [-0.39, 0.29) is 5.43 Å². The SMILES string of the molecule is O=c1cc2[nH]c(c1)COCCOCCSCCOCCOC2. The van der Waals surface area contributed by atoms with Gasteiger partial charge < -0.3 is 23.9 Å². The van der Waals surface area contributed by atoms with Gasteiger partial charge in [0.05, 0.1) is 52.9 Å². The number of H-pyrrole nitrogens is 1. The zero-order valence-electron chi connectivity index (χ0n) is 12.7. The Morgan fingerprint density at radius 3 is 1.82 bits per heavy atom. The summed E-state index contributed by atoms with van der Waals surface area (Å²) < 4.78 is 22.0. The van der Waals surface area contributed by atoms with E-state index in [0.29, 0.717) is 52.9 Å². The van der Waals surface area contributed by atoms with E-state index in [1.54, 1.807) is 12.1 Å². The number of hydrogen-bond acceptors (Lipinski definition) is 6. The highest BCUT2D eigenvalue weighted by Gasteiger charge is 2.02. The third-order valence-electron chi connectivity index (χ3n) is 2.96. The molecule has 0 fully saturated rings. The normalized spacial score (nSPS) is 20.0. The number of nitrogens with one attached hydrogen (secondary N) is 1. The molecular formula is C15H23NO5S. The Balaban J connectivity index is 1.86. The average Bonchev–Trinajstić information content (AvgIpc) is 2.50. The predicted octanol–water partition coefficient (Wildman–Crippen LogP) is 1.19. The minimum absolute atomic E-state index is 0.0464. The van der Waals surface area contributed by atoms with Crippen LogP contribution in [0, 0.1) is 0 Å². The van der Waals surface area contributed by atoms with Crippen molar-refractivity contribution in [2.75, 3.05) is 51.1 Å². The minimum Gasteiger partial charge on any atom is -0.378 e. The number of thioether (sulfide) groups is 1. The standard InChI is InChI=1S/C15H23NO5S/c17-15-9-13-11-20-3-1-18-5-7-22-8-6-19-2-4-21-12-14(10-15)16-13/h9-10H,1-8,11-12H2,(H,16,17). The summed E-state index contributed by atoms with van der Waals surface area (Å²) >= 11 is 1.81. The topological polar surface area (TPSA) is 69.8 Å². The Morgan fingerprint density at radius 1 is 0.773 bits per heavy atom. The number of aromatic amines is 1. The third kappa shape index (κ3) is 7.42. The number of hydrogen-bond donors (Lipinski definition) is 1. The van der Waals surface area contributed by atoms with Crippen LogP contribution >= 0.6 is 11.8 Å². The molecule has 22 heavy (non-hydrogen) atoms. The molecule has 0 aromatic carbocycles. The van der Waals surface area contributed by atoms with E-state index < -0.39 is 0 Å². The van der Waals surface area contributed by atoms with Crippen LogP contribution in [0.2, 0.25) is 0 Å². The van der Waals surface area contributed by atoms with E-state index in [4.69, 9.17) is 18.9 Å². The summed E-state index contributed by atoms with van der Waals surface area (Å²) in [5, 5.41) is 0. The van der Waals surface area contributed by atoms with E-state index in [1.807, 2.05) is 11.8 Å². The van der Waals surface area contributed by atoms with Crippen molar-refractivity contribution in [3.63, 3.8) is 0 Å². The molecule has 0 aliphatic carbocycles. The predicted molar refractivity (Wildman–Crippen MR) is 85.3 cm³/mol. The molecule has 2 bridgehead atoms. The monoisotopic (exact) mass is 329 g/mol. The molecule has 0 saturated carbocycles. The summed E-state index contributed by atoms with van der Waals surface area (Å²) in [6.07, 6.45) is 0. The van der Waals surface area contributed by atoms with Crippen LogP contribution in [0.15, 0.2) is 16.9 Å². The van der Waals surface area contributed by atoms with Crippen LogP contribution in [-0.4, -0.2) is 56.1 Å². The Bertz CT molecular complexity index is 442. The number of ether oxygens (including phenoxy) is 4. The Labute approximate surface area is 134 Å². The second-order valence-electron chi connectivity index (χ2n) is 4.81. The van der Waals surface area contributed by atoms with E-state index in [9.17, 15) is 4.79 Å². The van der Waals surface area contributed by atoms with Gasteiger partial charge in [-0.15, -0.1) is 0 Å². The molecule has 0 atom stereocenters. The van der Waals surface area contributed by atoms with Crippen LogP contribution < -0.4 is 5.43 Å². The van der Waals surface area contributed by atoms with Gasteiger partial charge in [0.1, 0.15) is 0 Å². The van der Waals surface area contributed by atoms with Gasteiger partial charge in [0.25, 0.3) is 0 Å². The number of fused-ring (bicyclic) bond motifs is 2. The smallest absolute Gasteiger partial charge is 0.182 e. The van der Waals surface area contributed by atoms with Gasteiger partial charge in [-0.1, -0.05) is 0 Å². The molecular weight excluding hydrogens is 306 g/mol. The maximum Gasteiger partial charge on any atom is 0.182 e. The Morgan fingerprint density at radius 2 is 1.27 bits per heavy atom. The van der Waals surface area contributed by atoms with Crippen LogP contribution in [0.1, 0.15) is 11.4 Å². The minimum atomic E-state index is -0.0464. The maximum absolute atomic E-state index is 11.6. The van der Waals surface area contributed by atoms with Gasteiger partial charge in [0.2, 0.25) is 0 Å². The fourth-order valence-electron chi connectivity index (χ4n) is 1.96. The van der Waals surface area contributed by atoms with Gasteiger partial charge in [-0.3, -0.25) is 4.79 Å². The van der Waals surface area contributed by atoms with E-state index >= 15 is 0 Å². The lowest BCUT2D eigenvalue weighted by Gasteiger charge is -2.10. The molecule has 0 radical (unpaired) electrons. The van der Waals surface area contributed by atoms with Gasteiger partial charge in [-0.25, -0.2) is 0 Å². The molecule has 0 spiro atoms. The van der Waals surface area contributed by atoms with Gasteiger partial charge >= 0.3 is 0 Å². The Kier molecular flexibility index (Phi) is 8.59. The van der Waals surface area contributed by atoms with Gasteiger partial charge in [-0.2, -0.15) is 11.8 Å². The largest absolute Gasteiger partial charge is 0.378 e. The van der Waals surface area contributed by atoms with Crippen molar-refractivity contribution >= 4 is 11.8 Å². The molecule has 1 aliphatic rings. The van der Waals surface area contributed by atoms with Crippen molar-refractivity contribution in [1.82, 2.24) is 4.98 Å². The first-order chi connectivity index (χ1) is 10.8. The third-order valence-corrected chi connectivity index (χ3v) is 3.87. The first-order valence-electron chi connectivity index (χ1n) is 7.45. The first kappa shape index (κ1) is 17.5. The van der Waals surface area contributed by atoms with E-state index in [1.165, 1.54) is 0 Å². The summed E-state index contributed by atoms with van der Waals surface area (Å²) in [5.74, 6) is 1.91. The van der Waals surface area contributed by atoms with Crippen molar-refractivity contribution in [3.05, 3.63) is 33.7 Å². The molecule has 0 saturated heterocycles. The molecule has 1 aliphatic heterocycles. The molecule has 1 N–H and O–H groups in total. The Hall–Kier alpha value is -0.860. The lowest BCUT2D eigenvalue weighted by molar-refractivity contribution is 0.0408. The lowest BCUT2D eigenvalue weighted by Crippen LogP contribution is -2.13. The molecule has 0 unspecified atom stereocenters. The summed E-state index contributed by atoms with van der Waals surface area (Å²) in [4.78, 5) is 14.8. The van der Waals surface area contributed by atoms with Crippen LogP contribution in [0.25, 0.3) is 0 Å². The van der Waals surface area contributed by atoms with Gasteiger partial charge in [0.15, 0.2) is 5.43 Å². The highest BCUT2D eigenvalue weighted by molar-refractivity contribution is 7.99. The van der Waals surface area contributed by atoms with Crippen molar-refractivity contribution in [3.8, 4) is 0 Å². The zero-order valence-corrected chi connectivity index (χ0v) is 13.5. The van der Waals surface area contributed by atoms with Crippen LogP contribution in [0.4, 0.5) is 0 Å². The van der Waals surface area contributed by atoms with E-state index in [2.05, 4.69) is 4.98 Å². The summed E-state index contributed by atoms with van der Waals surface area (Å²) in [7, 11) is 0. The van der Waals surface area contributed by atoms with Crippen LogP contribution in [0.5, 0.6) is 0 Å². The molecule has 0 amide bonds. The van der Waals surface area contributed by atoms with Crippen molar-refractivity contribution in [2.24, 2.45) is 0 Å². The molecule has 2 rings (SSSR count). The van der Waals surface area contributed by atoms with Crippen molar-refractivity contribution in [2.45, 2.75) is 13.2 Å². The number of aromatic nitrogens is 1. The van der Waals surface area contributed by atoms with E-state index in [0.717, 1.165) is 22.9 Å². The molecule has 124 valence electrons. The quantitative estimate of drug-likeness (QED) is 0.771. The fourth-order valence-corrected chi connectivity index (χ4v) is 2.64. The van der Waals surface area contributed by atoms with Crippen LogP contribution in [-0.2, 0) is 32.2 Å². The zero-order chi connectivity index (χ0) is 15.5. The second kappa shape index (κ2) is 10.8. The molecule has 6 nitrogen and oxygen atoms in total. The number of rotatable bonds is 0. The number of pyridine rings is 1. The summed E-state index contributed by atoms with van der Waals surface area (Å²) in [6.45, 7) is 4.29. The highest BCUT2D eigenvalue weighted by Crippen LogP contribution is 2.02. The van der Waals surface area contributed by atoms with Gasteiger partial charge in [0, 0.05) is 35.0 Å². The first-order valence-corrected chi connectivity index (χ1v) is 8.61. The maximum atomic E-state index is 11.6. The molecule has 1 aromatic heterocycles. The van der Waals surface area contributed by atoms with Gasteiger partial charge in [-0.05, 0) is 0 Å². The lowest BCUT2D eigenvalue weighted by atomic mass is 10.3. The fraction of sp³-hybridized carbons (Fsp3) is 0.667. The molecule has 2 heterocycles. The second-order valence-corrected chi connectivity index (χ2v) is 6.03. The highest BCUT2D eigenvalue weighted by atomic mass is 32.2. The van der Waals surface area contributed by atoms with Crippen LogP contribution in [0.3, 0.4) is 0 Å².